The molecule has 5 nitrogen and oxygen atoms in total. The first-order valence-corrected chi connectivity index (χ1v) is 10.4. The van der Waals surface area contributed by atoms with E-state index in [1.54, 1.807) is 6.07 Å². The number of fused-ring (bicyclic) bond motifs is 1. The van der Waals surface area contributed by atoms with Crippen LogP contribution in [0.3, 0.4) is 0 Å². The Bertz CT molecular complexity index is 901. The number of carbonyl (C=O) groups is 2. The van der Waals surface area contributed by atoms with Crippen LogP contribution in [-0.2, 0) is 11.3 Å². The van der Waals surface area contributed by atoms with Crippen molar-refractivity contribution in [2.75, 3.05) is 13.1 Å². The lowest BCUT2D eigenvalue weighted by atomic mass is 9.67. The molecule has 1 unspecified atom stereocenters. The maximum absolute atomic E-state index is 13.4. The zero-order chi connectivity index (χ0) is 20.6. The third-order valence-electron chi connectivity index (χ3n) is 6.47. The van der Waals surface area contributed by atoms with E-state index in [4.69, 9.17) is 0 Å². The first-order chi connectivity index (χ1) is 13.9. The second kappa shape index (κ2) is 7.64. The molecular weight excluding hydrogens is 364 g/mol. The van der Waals surface area contributed by atoms with Gasteiger partial charge in [0.25, 0.3) is 5.91 Å². The van der Waals surface area contributed by atoms with Gasteiger partial charge in [0.15, 0.2) is 0 Å². The minimum absolute atomic E-state index is 0.0374. The smallest absolute Gasteiger partial charge is 0.313 e. The molecule has 1 N–H and O–H groups in total. The van der Waals surface area contributed by atoms with E-state index < -0.39 is 17.4 Å². The highest BCUT2D eigenvalue weighted by Gasteiger charge is 2.56. The van der Waals surface area contributed by atoms with Gasteiger partial charge in [0, 0.05) is 31.2 Å². The molecule has 2 heterocycles. The molecule has 1 spiro atoms. The first kappa shape index (κ1) is 19.6. The molecule has 0 saturated carbocycles. The van der Waals surface area contributed by atoms with E-state index >= 15 is 0 Å². The van der Waals surface area contributed by atoms with E-state index in [2.05, 4.69) is 17.0 Å². The van der Waals surface area contributed by atoms with Crippen LogP contribution in [0.2, 0.25) is 0 Å². The zero-order valence-electron chi connectivity index (χ0n) is 17.0. The predicted octanol–water partition coefficient (Wildman–Crippen LogP) is 3.75. The van der Waals surface area contributed by atoms with Crippen molar-refractivity contribution in [3.05, 3.63) is 71.3 Å². The standard InChI is InChI=1S/C24H28N2O3/c1-17(2)26-22(27)20-11-7-6-10-19(20)21(23(28)29)24(26)12-14-25(15-13-24)16-18-8-4-3-5-9-18/h3-11,17,21H,12-16H2,1-2H3,(H,28,29). The fourth-order valence-corrected chi connectivity index (χ4v) is 5.29. The summed E-state index contributed by atoms with van der Waals surface area (Å²) in [6.45, 7) is 6.38. The molecule has 0 radical (unpaired) electrons. The number of hydrogen-bond donors (Lipinski definition) is 1. The summed E-state index contributed by atoms with van der Waals surface area (Å²) < 4.78 is 0. The van der Waals surface area contributed by atoms with E-state index in [1.807, 2.05) is 55.1 Å². The van der Waals surface area contributed by atoms with Gasteiger partial charge in [-0.15, -0.1) is 0 Å². The van der Waals surface area contributed by atoms with Gasteiger partial charge < -0.3 is 10.0 Å². The molecule has 2 aliphatic heterocycles. The minimum Gasteiger partial charge on any atom is -0.481 e. The lowest BCUT2D eigenvalue weighted by Gasteiger charge is -2.56. The van der Waals surface area contributed by atoms with Gasteiger partial charge in [-0.05, 0) is 43.9 Å². The van der Waals surface area contributed by atoms with Gasteiger partial charge >= 0.3 is 5.97 Å². The van der Waals surface area contributed by atoms with Crippen LogP contribution >= 0.6 is 0 Å². The molecule has 1 fully saturated rings. The summed E-state index contributed by atoms with van der Waals surface area (Å²) in [5, 5.41) is 10.2. The van der Waals surface area contributed by atoms with E-state index in [0.29, 0.717) is 24.0 Å². The fraction of sp³-hybridized carbons (Fsp3) is 0.417. The Labute approximate surface area is 171 Å². The molecule has 5 heteroatoms. The Kier molecular flexibility index (Phi) is 5.17. The molecule has 29 heavy (non-hydrogen) atoms. The maximum atomic E-state index is 13.4. The van der Waals surface area contributed by atoms with Gasteiger partial charge in [0.05, 0.1) is 5.54 Å². The number of carboxylic acid groups (broad SMARTS) is 1. The molecule has 152 valence electrons. The molecule has 0 aromatic heterocycles. The van der Waals surface area contributed by atoms with Gasteiger partial charge in [-0.3, -0.25) is 14.5 Å². The van der Waals surface area contributed by atoms with Gasteiger partial charge in [-0.25, -0.2) is 0 Å². The first-order valence-electron chi connectivity index (χ1n) is 10.4. The third-order valence-corrected chi connectivity index (χ3v) is 6.47. The van der Waals surface area contributed by atoms with Crippen molar-refractivity contribution in [2.45, 2.75) is 50.7 Å². The Hall–Kier alpha value is -2.66. The van der Waals surface area contributed by atoms with E-state index in [1.165, 1.54) is 5.56 Å². The van der Waals surface area contributed by atoms with Crippen molar-refractivity contribution < 1.29 is 14.7 Å². The Morgan fingerprint density at radius 3 is 2.31 bits per heavy atom. The zero-order valence-corrected chi connectivity index (χ0v) is 17.0. The number of rotatable bonds is 4. The average Bonchev–Trinajstić information content (AvgIpc) is 2.70. The normalized spacial score (nSPS) is 21.4. The Balaban J connectivity index is 1.68. The van der Waals surface area contributed by atoms with E-state index in [0.717, 1.165) is 19.6 Å². The van der Waals surface area contributed by atoms with E-state index in [-0.39, 0.29) is 11.9 Å². The second-order valence-corrected chi connectivity index (χ2v) is 8.49. The number of carboxylic acids is 1. The fourth-order valence-electron chi connectivity index (χ4n) is 5.29. The summed E-state index contributed by atoms with van der Waals surface area (Å²) >= 11 is 0. The summed E-state index contributed by atoms with van der Waals surface area (Å²) in [5.74, 6) is -1.57. The molecule has 0 bridgehead atoms. The van der Waals surface area contributed by atoms with Crippen molar-refractivity contribution in [3.8, 4) is 0 Å². The summed E-state index contributed by atoms with van der Waals surface area (Å²) in [6.07, 6.45) is 1.32. The molecule has 0 aliphatic carbocycles. The van der Waals surface area contributed by atoms with Gasteiger partial charge in [0.1, 0.15) is 5.92 Å². The van der Waals surface area contributed by atoms with Crippen molar-refractivity contribution in [1.82, 2.24) is 9.80 Å². The number of aliphatic carboxylic acids is 1. The summed E-state index contributed by atoms with van der Waals surface area (Å²) in [6, 6.07) is 17.5. The highest BCUT2D eigenvalue weighted by Crippen LogP contribution is 2.48. The molecule has 2 aromatic rings. The molecule has 2 aromatic carbocycles. The highest BCUT2D eigenvalue weighted by atomic mass is 16.4. The number of nitrogens with zero attached hydrogens (tertiary/aromatic N) is 2. The quantitative estimate of drug-likeness (QED) is 0.861. The van der Waals surface area contributed by atoms with Crippen LogP contribution in [0.4, 0.5) is 0 Å². The van der Waals surface area contributed by atoms with Gasteiger partial charge in [-0.2, -0.15) is 0 Å². The molecule has 1 saturated heterocycles. The number of likely N-dealkylation sites (tertiary alicyclic amines) is 1. The summed E-state index contributed by atoms with van der Waals surface area (Å²) in [4.78, 5) is 30.1. The van der Waals surface area contributed by atoms with Crippen LogP contribution in [0.1, 0.15) is 54.1 Å². The summed E-state index contributed by atoms with van der Waals surface area (Å²) in [5.41, 5.74) is 1.77. The average molecular weight is 392 g/mol. The number of carbonyl (C=O) groups excluding carboxylic acids is 1. The Morgan fingerprint density at radius 2 is 1.69 bits per heavy atom. The molecule has 4 rings (SSSR count). The third kappa shape index (κ3) is 3.33. The van der Waals surface area contributed by atoms with Crippen LogP contribution in [0.5, 0.6) is 0 Å². The maximum Gasteiger partial charge on any atom is 0.313 e. The Morgan fingerprint density at radius 1 is 1.07 bits per heavy atom. The highest BCUT2D eigenvalue weighted by molar-refractivity contribution is 6.01. The molecule has 1 amide bonds. The second-order valence-electron chi connectivity index (χ2n) is 8.49. The van der Waals surface area contributed by atoms with Crippen LogP contribution in [0, 0.1) is 0 Å². The van der Waals surface area contributed by atoms with Crippen LogP contribution < -0.4 is 0 Å². The van der Waals surface area contributed by atoms with Crippen LogP contribution in [0.15, 0.2) is 54.6 Å². The number of amides is 1. The lowest BCUT2D eigenvalue weighted by molar-refractivity contribution is -0.145. The SMILES string of the molecule is CC(C)N1C(=O)c2ccccc2C(C(=O)O)C12CCN(Cc1ccccc1)CC2. The minimum atomic E-state index is -0.841. The lowest BCUT2D eigenvalue weighted by Crippen LogP contribution is -2.66. The monoisotopic (exact) mass is 392 g/mol. The topological polar surface area (TPSA) is 60.9 Å². The van der Waals surface area contributed by atoms with Crippen molar-refractivity contribution in [1.29, 1.82) is 0 Å². The summed E-state index contributed by atoms with van der Waals surface area (Å²) in [7, 11) is 0. The van der Waals surface area contributed by atoms with Crippen molar-refractivity contribution >= 4 is 11.9 Å². The van der Waals surface area contributed by atoms with Crippen molar-refractivity contribution in [3.63, 3.8) is 0 Å². The number of piperidine rings is 1. The van der Waals surface area contributed by atoms with Gasteiger partial charge in [-0.1, -0.05) is 48.5 Å². The predicted molar refractivity (Wildman–Crippen MR) is 112 cm³/mol. The largest absolute Gasteiger partial charge is 0.481 e. The van der Waals surface area contributed by atoms with Gasteiger partial charge in [0.2, 0.25) is 0 Å². The van der Waals surface area contributed by atoms with Crippen LogP contribution in [0.25, 0.3) is 0 Å². The van der Waals surface area contributed by atoms with E-state index in [9.17, 15) is 14.7 Å². The van der Waals surface area contributed by atoms with Crippen LogP contribution in [-0.4, -0.2) is 51.5 Å². The number of hydrogen-bond acceptors (Lipinski definition) is 3. The molecule has 2 aliphatic rings. The molecular formula is C24H28N2O3. The van der Waals surface area contributed by atoms with Crippen molar-refractivity contribution in [2.24, 2.45) is 0 Å². The molecule has 1 atom stereocenters. The number of benzene rings is 2.